The van der Waals surface area contributed by atoms with E-state index in [9.17, 15) is 0 Å². The molecule has 0 spiro atoms. The van der Waals surface area contributed by atoms with Gasteiger partial charge in [0.05, 0.1) is 5.39 Å². The molecular formula is C27H26N4S. The average Bonchev–Trinajstić information content (AvgIpc) is 3.27. The van der Waals surface area contributed by atoms with Crippen LogP contribution in [-0.4, -0.2) is 23.1 Å². The Hall–Kier alpha value is -3.44. The third-order valence-corrected chi connectivity index (χ3v) is 6.67. The van der Waals surface area contributed by atoms with E-state index in [1.54, 1.807) is 17.7 Å². The SMILES string of the molecule is CC(C)c1ccc(-c2csc3ncnc(NCCNc4cccc5ccccc45)c23)cc1. The van der Waals surface area contributed by atoms with Gasteiger partial charge < -0.3 is 10.6 Å². The van der Waals surface area contributed by atoms with Crippen LogP contribution in [0.25, 0.3) is 32.1 Å². The zero-order valence-corrected chi connectivity index (χ0v) is 19.1. The molecule has 32 heavy (non-hydrogen) atoms. The maximum Gasteiger partial charge on any atom is 0.138 e. The van der Waals surface area contributed by atoms with Crippen molar-refractivity contribution in [1.29, 1.82) is 0 Å². The van der Waals surface area contributed by atoms with Crippen LogP contribution in [-0.2, 0) is 0 Å². The van der Waals surface area contributed by atoms with Crippen LogP contribution >= 0.6 is 11.3 Å². The van der Waals surface area contributed by atoms with E-state index in [1.807, 2.05) is 0 Å². The molecule has 0 radical (unpaired) electrons. The molecule has 0 bridgehead atoms. The smallest absolute Gasteiger partial charge is 0.138 e. The molecule has 5 aromatic rings. The lowest BCUT2D eigenvalue weighted by molar-refractivity contribution is 0.867. The first-order chi connectivity index (χ1) is 15.7. The summed E-state index contributed by atoms with van der Waals surface area (Å²) in [6.45, 7) is 5.99. The van der Waals surface area contributed by atoms with E-state index in [0.717, 1.165) is 34.8 Å². The summed E-state index contributed by atoms with van der Waals surface area (Å²) in [5, 5.41) is 12.9. The van der Waals surface area contributed by atoms with Crippen LogP contribution < -0.4 is 10.6 Å². The minimum atomic E-state index is 0.526. The summed E-state index contributed by atoms with van der Waals surface area (Å²) in [5.41, 5.74) is 4.89. The molecule has 0 aliphatic rings. The molecule has 0 amide bonds. The van der Waals surface area contributed by atoms with Crippen LogP contribution in [0.2, 0.25) is 0 Å². The number of nitrogens with one attached hydrogen (secondary N) is 2. The summed E-state index contributed by atoms with van der Waals surface area (Å²) in [7, 11) is 0. The second kappa shape index (κ2) is 8.97. The fourth-order valence-electron chi connectivity index (χ4n) is 4.03. The third kappa shape index (κ3) is 4.04. The molecule has 0 atom stereocenters. The largest absolute Gasteiger partial charge is 0.383 e. The lowest BCUT2D eigenvalue weighted by Gasteiger charge is -2.12. The van der Waals surface area contributed by atoms with Crippen molar-refractivity contribution in [3.8, 4) is 11.1 Å². The van der Waals surface area contributed by atoms with E-state index in [-0.39, 0.29) is 0 Å². The number of hydrogen-bond acceptors (Lipinski definition) is 5. The molecule has 160 valence electrons. The Kier molecular flexibility index (Phi) is 5.73. The molecule has 0 unspecified atom stereocenters. The van der Waals surface area contributed by atoms with Crippen LogP contribution in [0.1, 0.15) is 25.3 Å². The number of benzene rings is 3. The van der Waals surface area contributed by atoms with Crippen molar-refractivity contribution in [3.05, 3.63) is 84.0 Å². The van der Waals surface area contributed by atoms with Gasteiger partial charge in [-0.2, -0.15) is 0 Å². The number of thiophene rings is 1. The maximum atomic E-state index is 4.56. The van der Waals surface area contributed by atoms with E-state index in [2.05, 4.69) is 107 Å². The highest BCUT2D eigenvalue weighted by Crippen LogP contribution is 2.36. The maximum absolute atomic E-state index is 4.56. The number of aromatic nitrogens is 2. The number of fused-ring (bicyclic) bond motifs is 2. The molecule has 4 nitrogen and oxygen atoms in total. The number of anilines is 2. The summed E-state index contributed by atoms with van der Waals surface area (Å²) in [6, 6.07) is 23.6. The van der Waals surface area contributed by atoms with Gasteiger partial charge in [0.25, 0.3) is 0 Å². The highest BCUT2D eigenvalue weighted by molar-refractivity contribution is 7.17. The van der Waals surface area contributed by atoms with Gasteiger partial charge in [-0.25, -0.2) is 9.97 Å². The van der Waals surface area contributed by atoms with Gasteiger partial charge in [-0.3, -0.25) is 0 Å². The lowest BCUT2D eigenvalue weighted by atomic mass is 9.99. The monoisotopic (exact) mass is 438 g/mol. The minimum Gasteiger partial charge on any atom is -0.383 e. The Morgan fingerprint density at radius 1 is 0.844 bits per heavy atom. The fraction of sp³-hybridized carbons (Fsp3) is 0.185. The molecular weight excluding hydrogens is 412 g/mol. The summed E-state index contributed by atoms with van der Waals surface area (Å²) in [6.07, 6.45) is 1.64. The summed E-state index contributed by atoms with van der Waals surface area (Å²) >= 11 is 1.66. The van der Waals surface area contributed by atoms with E-state index in [4.69, 9.17) is 0 Å². The van der Waals surface area contributed by atoms with Gasteiger partial charge in [0, 0.05) is 35.1 Å². The van der Waals surface area contributed by atoms with Crippen LogP contribution in [0, 0.1) is 0 Å². The van der Waals surface area contributed by atoms with Crippen molar-refractivity contribution in [2.45, 2.75) is 19.8 Å². The summed E-state index contributed by atoms with van der Waals surface area (Å²) in [5.74, 6) is 1.41. The number of nitrogens with zero attached hydrogens (tertiary/aromatic N) is 2. The van der Waals surface area contributed by atoms with Crippen molar-refractivity contribution in [3.63, 3.8) is 0 Å². The normalized spacial score (nSPS) is 11.3. The van der Waals surface area contributed by atoms with Crippen LogP contribution in [0.3, 0.4) is 0 Å². The molecule has 0 saturated heterocycles. The van der Waals surface area contributed by atoms with Crippen molar-refractivity contribution >= 4 is 43.8 Å². The van der Waals surface area contributed by atoms with Crippen molar-refractivity contribution in [2.24, 2.45) is 0 Å². The van der Waals surface area contributed by atoms with Gasteiger partial charge in [-0.1, -0.05) is 74.5 Å². The van der Waals surface area contributed by atoms with Gasteiger partial charge >= 0.3 is 0 Å². The lowest BCUT2D eigenvalue weighted by Crippen LogP contribution is -2.14. The third-order valence-electron chi connectivity index (χ3n) is 5.78. The van der Waals surface area contributed by atoms with E-state index < -0.39 is 0 Å². The van der Waals surface area contributed by atoms with E-state index in [0.29, 0.717) is 5.92 Å². The first-order valence-corrected chi connectivity index (χ1v) is 11.9. The molecule has 0 fully saturated rings. The molecule has 0 aliphatic carbocycles. The molecule has 3 aromatic carbocycles. The molecule has 0 saturated carbocycles. The Balaban J connectivity index is 1.34. The van der Waals surface area contributed by atoms with Gasteiger partial charge in [0.15, 0.2) is 0 Å². The second-order valence-corrected chi connectivity index (χ2v) is 9.07. The van der Waals surface area contributed by atoms with Gasteiger partial charge in [0.1, 0.15) is 17.0 Å². The minimum absolute atomic E-state index is 0.526. The first-order valence-electron chi connectivity index (χ1n) is 11.0. The Bertz CT molecular complexity index is 1350. The zero-order valence-electron chi connectivity index (χ0n) is 18.3. The summed E-state index contributed by atoms with van der Waals surface area (Å²) < 4.78 is 0. The highest BCUT2D eigenvalue weighted by atomic mass is 32.1. The topological polar surface area (TPSA) is 49.8 Å². The van der Waals surface area contributed by atoms with Crippen molar-refractivity contribution in [1.82, 2.24) is 9.97 Å². The van der Waals surface area contributed by atoms with Crippen LogP contribution in [0.4, 0.5) is 11.5 Å². The molecule has 2 N–H and O–H groups in total. The number of rotatable bonds is 7. The van der Waals surface area contributed by atoms with Gasteiger partial charge in [-0.15, -0.1) is 11.3 Å². The molecule has 5 heteroatoms. The Morgan fingerprint density at radius 3 is 2.47 bits per heavy atom. The average molecular weight is 439 g/mol. The molecule has 2 heterocycles. The Morgan fingerprint density at radius 2 is 1.62 bits per heavy atom. The van der Waals surface area contributed by atoms with Crippen molar-refractivity contribution < 1.29 is 0 Å². The van der Waals surface area contributed by atoms with Gasteiger partial charge in [0.2, 0.25) is 0 Å². The summed E-state index contributed by atoms with van der Waals surface area (Å²) in [4.78, 5) is 10.1. The molecule has 5 rings (SSSR count). The van der Waals surface area contributed by atoms with Gasteiger partial charge in [-0.05, 0) is 28.5 Å². The first kappa shape index (κ1) is 20.5. The molecule has 2 aromatic heterocycles. The predicted octanol–water partition coefficient (Wildman–Crippen LogP) is 7.16. The fourth-order valence-corrected chi connectivity index (χ4v) is 4.94. The molecule has 0 aliphatic heterocycles. The van der Waals surface area contributed by atoms with Crippen LogP contribution in [0.5, 0.6) is 0 Å². The Labute approximate surface area is 192 Å². The second-order valence-electron chi connectivity index (χ2n) is 8.21. The highest BCUT2D eigenvalue weighted by Gasteiger charge is 2.13. The predicted molar refractivity (Wildman–Crippen MR) is 138 cm³/mol. The standard InChI is InChI=1S/C27H26N4S/c1-18(2)19-10-12-21(13-11-19)23-16-32-27-25(23)26(30-17-31-27)29-15-14-28-24-9-5-7-20-6-3-4-8-22(20)24/h3-13,16-18,28H,14-15H2,1-2H3,(H,29,30,31). The zero-order chi connectivity index (χ0) is 21.9. The van der Waals surface area contributed by atoms with E-state index >= 15 is 0 Å². The van der Waals surface area contributed by atoms with Crippen molar-refractivity contribution in [2.75, 3.05) is 23.7 Å². The quantitative estimate of drug-likeness (QED) is 0.265. The van der Waals surface area contributed by atoms with E-state index in [1.165, 1.54) is 27.5 Å². The number of hydrogen-bond donors (Lipinski definition) is 2. The van der Waals surface area contributed by atoms with Crippen LogP contribution in [0.15, 0.2) is 78.4 Å².